The molecule has 1 fully saturated rings. The summed E-state index contributed by atoms with van der Waals surface area (Å²) in [5.41, 5.74) is 6.30. The van der Waals surface area contributed by atoms with Crippen LogP contribution < -0.4 is 0 Å². The number of halogens is 1. The summed E-state index contributed by atoms with van der Waals surface area (Å²) in [5.74, 6) is 0. The third-order valence-corrected chi connectivity index (χ3v) is 5.28. The van der Waals surface area contributed by atoms with Gasteiger partial charge >= 0.3 is 0 Å². The summed E-state index contributed by atoms with van der Waals surface area (Å²) in [4.78, 5) is 0. The van der Waals surface area contributed by atoms with E-state index in [0.717, 1.165) is 5.33 Å². The van der Waals surface area contributed by atoms with Crippen molar-refractivity contribution < 1.29 is 0 Å². The van der Waals surface area contributed by atoms with E-state index in [1.165, 1.54) is 81.8 Å². The quantitative estimate of drug-likeness (QED) is 0.258. The van der Waals surface area contributed by atoms with Gasteiger partial charge in [-0.3, -0.25) is 0 Å². The monoisotopic (exact) mass is 392 g/mol. The Hall–Kier alpha value is -0.560. The minimum atomic E-state index is 0.974. The Balaban J connectivity index is 2.18. The Kier molecular flexibility index (Phi) is 12.3. The van der Waals surface area contributed by atoms with Gasteiger partial charge in [-0.05, 0) is 85.0 Å². The Bertz CT molecular complexity index is 454. The Morgan fingerprint density at radius 3 is 1.79 bits per heavy atom. The summed E-state index contributed by atoms with van der Waals surface area (Å²) in [6.45, 7) is 6.80. The average Bonchev–Trinajstić information content (AvgIpc) is 2.56. The van der Waals surface area contributed by atoms with Crippen molar-refractivity contribution in [3.63, 3.8) is 0 Å². The van der Waals surface area contributed by atoms with Crippen LogP contribution in [0.3, 0.4) is 0 Å². The topological polar surface area (TPSA) is 0 Å². The third-order valence-electron chi connectivity index (χ3n) is 4.96. The van der Waals surface area contributed by atoms with Crippen LogP contribution >= 0.6 is 15.9 Å². The molecule has 0 radical (unpaired) electrons. The molecule has 1 aliphatic rings. The van der Waals surface area contributed by atoms with Crippen molar-refractivity contribution in [3.05, 3.63) is 46.6 Å². The van der Waals surface area contributed by atoms with Crippen LogP contribution in [0.15, 0.2) is 46.6 Å². The highest BCUT2D eigenvalue weighted by Crippen LogP contribution is 2.23. The van der Waals surface area contributed by atoms with Gasteiger partial charge in [-0.1, -0.05) is 68.9 Å². The Labute approximate surface area is 159 Å². The molecule has 0 saturated heterocycles. The van der Waals surface area contributed by atoms with Crippen molar-refractivity contribution in [1.29, 1.82) is 0 Å². The molecule has 1 rings (SSSR count). The van der Waals surface area contributed by atoms with Crippen LogP contribution in [0.2, 0.25) is 0 Å². The molecule has 0 N–H and O–H groups in total. The van der Waals surface area contributed by atoms with Crippen molar-refractivity contribution in [2.45, 2.75) is 91.4 Å². The van der Waals surface area contributed by atoms with E-state index < -0.39 is 0 Å². The predicted octanol–water partition coefficient (Wildman–Crippen LogP) is 8.45. The first kappa shape index (κ1) is 21.5. The zero-order chi connectivity index (χ0) is 17.6. The van der Waals surface area contributed by atoms with Gasteiger partial charge < -0.3 is 0 Å². The van der Waals surface area contributed by atoms with Crippen LogP contribution in [0.1, 0.15) is 91.4 Å². The van der Waals surface area contributed by atoms with Gasteiger partial charge in [-0.25, -0.2) is 0 Å². The average molecular weight is 393 g/mol. The van der Waals surface area contributed by atoms with Crippen LogP contribution in [0.5, 0.6) is 0 Å². The molecule has 0 unspecified atom stereocenters. The number of alkyl halides is 1. The molecule has 0 aromatic carbocycles. The number of hydrogen-bond donors (Lipinski definition) is 0. The van der Waals surface area contributed by atoms with Gasteiger partial charge in [0.15, 0.2) is 0 Å². The fourth-order valence-corrected chi connectivity index (χ4v) is 3.80. The minimum Gasteiger partial charge on any atom is -0.0883 e. The molecule has 136 valence electrons. The highest BCUT2D eigenvalue weighted by Gasteiger charge is 2.04. The first-order valence-corrected chi connectivity index (χ1v) is 10.9. The maximum atomic E-state index is 3.46. The molecule has 0 atom stereocenters. The van der Waals surface area contributed by atoms with Crippen molar-refractivity contribution in [1.82, 2.24) is 0 Å². The van der Waals surface area contributed by atoms with E-state index >= 15 is 0 Å². The second kappa shape index (κ2) is 13.7. The molecule has 1 heteroatoms. The van der Waals surface area contributed by atoms with Crippen molar-refractivity contribution in [2.24, 2.45) is 0 Å². The van der Waals surface area contributed by atoms with Gasteiger partial charge in [0.05, 0.1) is 0 Å². The van der Waals surface area contributed by atoms with Crippen LogP contribution in [-0.4, -0.2) is 5.33 Å². The van der Waals surface area contributed by atoms with Crippen LogP contribution in [0.4, 0.5) is 0 Å². The molecular formula is C23H37Br. The van der Waals surface area contributed by atoms with Gasteiger partial charge in [0.2, 0.25) is 0 Å². The summed E-state index contributed by atoms with van der Waals surface area (Å²) in [5, 5.41) is 0.974. The molecule has 1 aliphatic carbocycles. The van der Waals surface area contributed by atoms with Crippen molar-refractivity contribution >= 4 is 15.9 Å². The molecule has 0 aromatic rings. The van der Waals surface area contributed by atoms with E-state index in [0.29, 0.717) is 0 Å². The van der Waals surface area contributed by atoms with Crippen LogP contribution in [-0.2, 0) is 0 Å². The lowest BCUT2D eigenvalue weighted by Crippen LogP contribution is -1.93. The minimum absolute atomic E-state index is 0.974. The molecule has 24 heavy (non-hydrogen) atoms. The fourth-order valence-electron chi connectivity index (χ4n) is 3.24. The smallest absolute Gasteiger partial charge is 0.0214 e. The van der Waals surface area contributed by atoms with Crippen molar-refractivity contribution in [3.8, 4) is 0 Å². The summed E-state index contributed by atoms with van der Waals surface area (Å²) in [7, 11) is 0. The Morgan fingerprint density at radius 1 is 0.750 bits per heavy atom. The number of allylic oxidation sites excluding steroid dienone is 8. The van der Waals surface area contributed by atoms with Gasteiger partial charge in [0.1, 0.15) is 0 Å². The normalized spacial score (nSPS) is 17.3. The predicted molar refractivity (Wildman–Crippen MR) is 114 cm³/mol. The highest BCUT2D eigenvalue weighted by atomic mass is 79.9. The van der Waals surface area contributed by atoms with Gasteiger partial charge in [0.25, 0.3) is 0 Å². The Morgan fingerprint density at radius 2 is 1.25 bits per heavy atom. The molecule has 0 spiro atoms. The molecule has 1 saturated carbocycles. The van der Waals surface area contributed by atoms with E-state index in [9.17, 15) is 0 Å². The van der Waals surface area contributed by atoms with E-state index in [1.54, 1.807) is 11.1 Å². The first-order valence-electron chi connectivity index (χ1n) is 9.82. The standard InChI is InChI=1S/C23H37Br/c1-20(12-8-13-22(3)18-19-24)10-7-11-21(2)14-9-17-23-15-5-4-6-16-23/h11-12,17-18H,4-10,13-16,19H2,1-3H3/b20-12+,21-11+,22-18+. The van der Waals surface area contributed by atoms with E-state index in [1.807, 2.05) is 0 Å². The lowest BCUT2D eigenvalue weighted by Gasteiger charge is -2.13. The summed E-state index contributed by atoms with van der Waals surface area (Å²) < 4.78 is 0. The van der Waals surface area contributed by atoms with E-state index in [4.69, 9.17) is 0 Å². The summed E-state index contributed by atoms with van der Waals surface area (Å²) in [6, 6.07) is 0. The number of hydrogen-bond acceptors (Lipinski definition) is 0. The highest BCUT2D eigenvalue weighted by molar-refractivity contribution is 9.09. The van der Waals surface area contributed by atoms with Crippen LogP contribution in [0.25, 0.3) is 0 Å². The zero-order valence-electron chi connectivity index (χ0n) is 16.2. The van der Waals surface area contributed by atoms with Gasteiger partial charge in [0, 0.05) is 5.33 Å². The molecule has 0 bridgehead atoms. The lowest BCUT2D eigenvalue weighted by atomic mass is 9.93. The second-order valence-corrected chi connectivity index (χ2v) is 7.99. The largest absolute Gasteiger partial charge is 0.0883 e. The maximum absolute atomic E-state index is 3.46. The van der Waals surface area contributed by atoms with Gasteiger partial charge in [-0.15, -0.1) is 0 Å². The SMILES string of the molecule is C/C(=C\CC/C(C)=C/CC/C(C)=C/CBr)CCC=C1CCCCC1. The molecular weight excluding hydrogens is 356 g/mol. The lowest BCUT2D eigenvalue weighted by molar-refractivity contribution is 0.596. The summed E-state index contributed by atoms with van der Waals surface area (Å²) in [6.07, 6.45) is 23.9. The zero-order valence-corrected chi connectivity index (χ0v) is 17.8. The summed E-state index contributed by atoms with van der Waals surface area (Å²) >= 11 is 3.46. The number of rotatable bonds is 10. The molecule has 0 aromatic heterocycles. The molecule has 0 nitrogen and oxygen atoms in total. The van der Waals surface area contributed by atoms with Crippen LogP contribution in [0, 0.1) is 0 Å². The third kappa shape index (κ3) is 11.1. The molecule has 0 amide bonds. The maximum Gasteiger partial charge on any atom is 0.0214 e. The fraction of sp³-hybridized carbons (Fsp3) is 0.652. The van der Waals surface area contributed by atoms with E-state index in [-0.39, 0.29) is 0 Å². The molecule has 0 aliphatic heterocycles. The second-order valence-electron chi connectivity index (χ2n) is 7.34. The van der Waals surface area contributed by atoms with Gasteiger partial charge in [-0.2, -0.15) is 0 Å². The molecule has 0 heterocycles. The first-order chi connectivity index (χ1) is 11.6. The van der Waals surface area contributed by atoms with E-state index in [2.05, 4.69) is 61.0 Å². The van der Waals surface area contributed by atoms with Crippen molar-refractivity contribution in [2.75, 3.05) is 5.33 Å².